The van der Waals surface area contributed by atoms with Crippen LogP contribution in [0.3, 0.4) is 0 Å². The zero-order valence-corrected chi connectivity index (χ0v) is 10.8. The smallest absolute Gasteiger partial charge is 0.227 e. The first kappa shape index (κ1) is 13.0. The van der Waals surface area contributed by atoms with E-state index in [4.69, 9.17) is 0 Å². The second-order valence-corrected chi connectivity index (χ2v) is 6.07. The van der Waals surface area contributed by atoms with E-state index in [0.29, 0.717) is 18.5 Å². The number of nitrogens with zero attached hydrogens (tertiary/aromatic N) is 1. The van der Waals surface area contributed by atoms with E-state index in [9.17, 15) is 17.8 Å². The van der Waals surface area contributed by atoms with Crippen molar-refractivity contribution < 1.29 is 17.8 Å². The Morgan fingerprint density at radius 3 is 2.33 bits per heavy atom. The molecule has 0 unspecified atom stereocenters. The third-order valence-electron chi connectivity index (χ3n) is 3.18. The third-order valence-corrected chi connectivity index (χ3v) is 4.32. The molecule has 0 saturated carbocycles. The lowest BCUT2D eigenvalue weighted by Gasteiger charge is -2.19. The quantitative estimate of drug-likeness (QED) is 0.777. The van der Waals surface area contributed by atoms with Crippen LogP contribution in [0.25, 0.3) is 0 Å². The Bertz CT molecular complexity index is 550. The standard InChI is InChI=1S/C12H15NO4S/c1-9(18(15,16)17)10-4-6-11(7-5-10)13-8-2-3-12(13)14/h4-7,9H,2-3,8H2,1H3,(H,15,16,17)/p-1/t9-/m0/s1. The van der Waals surface area contributed by atoms with Crippen molar-refractivity contribution in [2.45, 2.75) is 25.0 Å². The van der Waals surface area contributed by atoms with Gasteiger partial charge >= 0.3 is 0 Å². The molecule has 1 heterocycles. The fraction of sp³-hybridized carbons (Fsp3) is 0.417. The number of hydrogen-bond acceptors (Lipinski definition) is 4. The van der Waals surface area contributed by atoms with E-state index in [-0.39, 0.29) is 5.91 Å². The first-order valence-electron chi connectivity index (χ1n) is 5.74. The van der Waals surface area contributed by atoms with Crippen molar-refractivity contribution in [2.75, 3.05) is 11.4 Å². The molecule has 0 bridgehead atoms. The van der Waals surface area contributed by atoms with Crippen LogP contribution < -0.4 is 4.90 Å². The van der Waals surface area contributed by atoms with Crippen molar-refractivity contribution >= 4 is 21.7 Å². The number of hydrogen-bond donors (Lipinski definition) is 0. The highest BCUT2D eigenvalue weighted by Crippen LogP contribution is 2.26. The Labute approximate surface area is 106 Å². The molecule has 1 aliphatic rings. The van der Waals surface area contributed by atoms with Gasteiger partial charge in [0.1, 0.15) is 10.1 Å². The highest BCUT2D eigenvalue weighted by molar-refractivity contribution is 7.85. The molecule has 0 radical (unpaired) electrons. The average molecular weight is 268 g/mol. The summed E-state index contributed by atoms with van der Waals surface area (Å²) >= 11 is 0. The summed E-state index contributed by atoms with van der Waals surface area (Å²) in [6.45, 7) is 2.05. The zero-order valence-electron chi connectivity index (χ0n) is 10.00. The fourth-order valence-corrected chi connectivity index (χ4v) is 2.50. The molecule has 0 aliphatic carbocycles. The lowest BCUT2D eigenvalue weighted by molar-refractivity contribution is -0.117. The minimum atomic E-state index is -4.33. The summed E-state index contributed by atoms with van der Waals surface area (Å²) in [4.78, 5) is 13.2. The van der Waals surface area contributed by atoms with Crippen molar-refractivity contribution in [3.05, 3.63) is 29.8 Å². The number of carbonyl (C=O) groups excluding carboxylic acids is 1. The molecule has 1 saturated heterocycles. The maximum absolute atomic E-state index is 11.5. The van der Waals surface area contributed by atoms with Crippen LogP contribution in [0.2, 0.25) is 0 Å². The number of anilines is 1. The van der Waals surface area contributed by atoms with Gasteiger partial charge in [0.25, 0.3) is 0 Å². The summed E-state index contributed by atoms with van der Waals surface area (Å²) in [6.07, 6.45) is 1.39. The van der Waals surface area contributed by atoms with E-state index in [0.717, 1.165) is 12.1 Å². The molecular weight excluding hydrogens is 254 g/mol. The van der Waals surface area contributed by atoms with Crippen molar-refractivity contribution in [2.24, 2.45) is 0 Å². The Hall–Kier alpha value is -1.40. The molecule has 1 amide bonds. The second kappa shape index (κ2) is 4.70. The Balaban J connectivity index is 2.23. The van der Waals surface area contributed by atoms with Gasteiger partial charge < -0.3 is 9.45 Å². The fourth-order valence-electron chi connectivity index (χ4n) is 2.01. The molecule has 1 aliphatic heterocycles. The normalized spacial score (nSPS) is 18.1. The first-order valence-corrected chi connectivity index (χ1v) is 7.22. The van der Waals surface area contributed by atoms with Crippen LogP contribution in [0.5, 0.6) is 0 Å². The summed E-state index contributed by atoms with van der Waals surface area (Å²) in [5.74, 6) is 0.0762. The van der Waals surface area contributed by atoms with Crippen molar-refractivity contribution in [1.82, 2.24) is 0 Å². The molecule has 1 aromatic carbocycles. The van der Waals surface area contributed by atoms with Crippen LogP contribution in [-0.4, -0.2) is 25.4 Å². The summed E-state index contributed by atoms with van der Waals surface area (Å²) in [7, 11) is -4.33. The summed E-state index contributed by atoms with van der Waals surface area (Å²) in [6, 6.07) is 6.53. The minimum absolute atomic E-state index is 0.0762. The SMILES string of the molecule is C[C@@H](c1ccc(N2CCCC2=O)cc1)S(=O)(=O)[O-]. The number of benzene rings is 1. The van der Waals surface area contributed by atoms with Gasteiger partial charge in [-0.2, -0.15) is 0 Å². The van der Waals surface area contributed by atoms with Crippen LogP contribution in [0.15, 0.2) is 24.3 Å². The Morgan fingerprint density at radius 2 is 1.89 bits per heavy atom. The van der Waals surface area contributed by atoms with Crippen LogP contribution in [-0.2, 0) is 14.9 Å². The molecule has 0 N–H and O–H groups in total. The highest BCUT2D eigenvalue weighted by Gasteiger charge is 2.22. The molecule has 0 spiro atoms. The molecule has 1 aromatic rings. The van der Waals surface area contributed by atoms with Gasteiger partial charge in [0.2, 0.25) is 5.91 Å². The molecule has 5 nitrogen and oxygen atoms in total. The van der Waals surface area contributed by atoms with Gasteiger partial charge in [0.05, 0.1) is 5.25 Å². The van der Waals surface area contributed by atoms with Crippen LogP contribution in [0, 0.1) is 0 Å². The van der Waals surface area contributed by atoms with E-state index >= 15 is 0 Å². The van der Waals surface area contributed by atoms with Gasteiger partial charge in [-0.25, -0.2) is 8.42 Å². The van der Waals surface area contributed by atoms with Crippen molar-refractivity contribution in [1.29, 1.82) is 0 Å². The van der Waals surface area contributed by atoms with E-state index in [1.54, 1.807) is 29.2 Å². The number of carbonyl (C=O) groups is 1. The lowest BCUT2D eigenvalue weighted by Crippen LogP contribution is -2.23. The van der Waals surface area contributed by atoms with Crippen LogP contribution in [0.1, 0.15) is 30.6 Å². The van der Waals surface area contributed by atoms with E-state index < -0.39 is 15.4 Å². The summed E-state index contributed by atoms with van der Waals surface area (Å²) in [5.41, 5.74) is 1.19. The second-order valence-electron chi connectivity index (χ2n) is 4.38. The van der Waals surface area contributed by atoms with Crippen LogP contribution in [0.4, 0.5) is 5.69 Å². The molecule has 1 atom stereocenters. The van der Waals surface area contributed by atoms with Crippen molar-refractivity contribution in [3.8, 4) is 0 Å². The maximum atomic E-state index is 11.5. The van der Waals surface area contributed by atoms with Crippen molar-refractivity contribution in [3.63, 3.8) is 0 Å². The van der Waals surface area contributed by atoms with Gasteiger partial charge in [0.15, 0.2) is 0 Å². The predicted molar refractivity (Wildman–Crippen MR) is 66.1 cm³/mol. The third kappa shape index (κ3) is 2.54. The Kier molecular flexibility index (Phi) is 3.41. The maximum Gasteiger partial charge on any atom is 0.227 e. The Morgan fingerprint density at radius 1 is 1.28 bits per heavy atom. The molecule has 18 heavy (non-hydrogen) atoms. The molecule has 6 heteroatoms. The van der Waals surface area contributed by atoms with E-state index in [1.807, 2.05) is 0 Å². The van der Waals surface area contributed by atoms with Crippen LogP contribution >= 0.6 is 0 Å². The van der Waals surface area contributed by atoms with Gasteiger partial charge in [0, 0.05) is 18.7 Å². The summed E-state index contributed by atoms with van der Waals surface area (Å²) in [5, 5.41) is -1.07. The van der Waals surface area contributed by atoms with Gasteiger partial charge in [-0.15, -0.1) is 0 Å². The topological polar surface area (TPSA) is 77.5 Å². The number of rotatable bonds is 3. The van der Waals surface area contributed by atoms with E-state index in [2.05, 4.69) is 0 Å². The van der Waals surface area contributed by atoms with Gasteiger partial charge in [-0.05, 0) is 31.0 Å². The highest BCUT2D eigenvalue weighted by atomic mass is 32.2. The first-order chi connectivity index (χ1) is 8.39. The predicted octanol–water partition coefficient (Wildman–Crippen LogP) is 1.42. The van der Waals surface area contributed by atoms with Gasteiger partial charge in [-0.1, -0.05) is 12.1 Å². The number of amides is 1. The molecular formula is C12H14NO4S-. The summed E-state index contributed by atoms with van der Waals surface area (Å²) < 4.78 is 32.7. The molecule has 1 fully saturated rings. The van der Waals surface area contributed by atoms with Gasteiger partial charge in [-0.3, -0.25) is 4.79 Å². The zero-order chi connectivity index (χ0) is 13.3. The lowest BCUT2D eigenvalue weighted by atomic mass is 10.1. The molecule has 98 valence electrons. The minimum Gasteiger partial charge on any atom is -0.747 e. The van der Waals surface area contributed by atoms with E-state index in [1.165, 1.54) is 6.92 Å². The monoisotopic (exact) mass is 268 g/mol. The largest absolute Gasteiger partial charge is 0.747 e. The average Bonchev–Trinajstić information content (AvgIpc) is 2.73. The molecule has 0 aromatic heterocycles. The molecule has 2 rings (SSSR count).